The minimum atomic E-state index is -0.909. The van der Waals surface area contributed by atoms with Crippen LogP contribution in [-0.4, -0.2) is 38.7 Å². The molecule has 1 aliphatic heterocycles. The van der Waals surface area contributed by atoms with Gasteiger partial charge in [-0.1, -0.05) is 6.07 Å². The second-order valence-electron chi connectivity index (χ2n) is 6.18. The summed E-state index contributed by atoms with van der Waals surface area (Å²) in [6.07, 6.45) is 3.01. The third kappa shape index (κ3) is 3.34. The van der Waals surface area contributed by atoms with E-state index in [2.05, 4.69) is 26.0 Å². The molecule has 10 nitrogen and oxygen atoms in total. The first-order valence-corrected chi connectivity index (χ1v) is 8.46. The Morgan fingerprint density at radius 1 is 1.29 bits per heavy atom. The van der Waals surface area contributed by atoms with Crippen LogP contribution in [0, 0.1) is 0 Å². The van der Waals surface area contributed by atoms with Crippen LogP contribution in [0.1, 0.15) is 6.42 Å². The van der Waals surface area contributed by atoms with Gasteiger partial charge in [0.2, 0.25) is 5.91 Å². The number of fused-ring (bicyclic) bond motifs is 1. The number of nitrogens with one attached hydrogen (secondary N) is 3. The Labute approximate surface area is 158 Å². The third-order valence-electron chi connectivity index (χ3n) is 4.21. The zero-order chi connectivity index (χ0) is 19.7. The summed E-state index contributed by atoms with van der Waals surface area (Å²) in [7, 11) is 1.75. The molecule has 1 aromatic carbocycles. The Morgan fingerprint density at radius 3 is 2.86 bits per heavy atom. The molecule has 3 N–H and O–H groups in total. The van der Waals surface area contributed by atoms with Gasteiger partial charge in [-0.15, -0.1) is 0 Å². The van der Waals surface area contributed by atoms with Crippen LogP contribution in [0.5, 0.6) is 11.5 Å². The van der Waals surface area contributed by atoms with Gasteiger partial charge in [0.1, 0.15) is 17.5 Å². The molecule has 3 heterocycles. The number of rotatable bonds is 5. The lowest BCUT2D eigenvalue weighted by Gasteiger charge is -2.09. The number of hydrogen-bond acceptors (Lipinski definition) is 6. The number of benzene rings is 1. The average molecular weight is 380 g/mol. The van der Waals surface area contributed by atoms with Crippen LogP contribution in [0.15, 0.2) is 42.7 Å². The molecule has 1 saturated heterocycles. The van der Waals surface area contributed by atoms with Crippen molar-refractivity contribution in [1.82, 2.24) is 25.4 Å². The highest BCUT2D eigenvalue weighted by molar-refractivity contribution is 6.08. The van der Waals surface area contributed by atoms with Gasteiger partial charge < -0.3 is 15.4 Å². The number of imide groups is 1. The normalized spacial score (nSPS) is 16.0. The number of hydrogen-bond donors (Lipinski definition) is 3. The second-order valence-corrected chi connectivity index (χ2v) is 6.18. The van der Waals surface area contributed by atoms with Crippen LogP contribution in [0.4, 0.5) is 10.6 Å². The summed E-state index contributed by atoms with van der Waals surface area (Å²) in [5.74, 6) is 0.346. The number of amides is 4. The molecule has 1 aliphatic rings. The predicted octanol–water partition coefficient (Wildman–Crippen LogP) is 1.30. The van der Waals surface area contributed by atoms with Gasteiger partial charge in [0, 0.05) is 13.2 Å². The van der Waals surface area contributed by atoms with E-state index in [0.29, 0.717) is 22.7 Å². The summed E-state index contributed by atoms with van der Waals surface area (Å²) in [4.78, 5) is 39.2. The van der Waals surface area contributed by atoms with Crippen LogP contribution < -0.4 is 20.7 Å². The van der Waals surface area contributed by atoms with E-state index in [1.54, 1.807) is 42.3 Å². The molecule has 1 atom stereocenters. The Hall–Kier alpha value is -3.95. The summed E-state index contributed by atoms with van der Waals surface area (Å²) >= 11 is 0. The number of carbonyl (C=O) groups is 3. The SMILES string of the molecule is Cn1nc(NC(=O)C[C@@H]2NC(=O)NC2=O)c2c(Oc3cccnc3)cccc21. The molecular formula is C18H16N6O4. The molecule has 0 aliphatic carbocycles. The van der Waals surface area contributed by atoms with Gasteiger partial charge in [0.25, 0.3) is 5.91 Å². The minimum Gasteiger partial charge on any atom is -0.455 e. The third-order valence-corrected chi connectivity index (χ3v) is 4.21. The molecule has 28 heavy (non-hydrogen) atoms. The summed E-state index contributed by atoms with van der Waals surface area (Å²) < 4.78 is 7.52. The Bertz CT molecular complexity index is 1080. The molecular weight excluding hydrogens is 364 g/mol. The number of ether oxygens (including phenoxy) is 1. The van der Waals surface area contributed by atoms with Crippen LogP contribution in [-0.2, 0) is 16.6 Å². The zero-order valence-electron chi connectivity index (χ0n) is 14.8. The number of anilines is 1. The molecule has 0 saturated carbocycles. The molecule has 0 unspecified atom stereocenters. The lowest BCUT2D eigenvalue weighted by molar-refractivity contribution is -0.124. The summed E-state index contributed by atoms with van der Waals surface area (Å²) in [5, 5.41) is 12.1. The number of carbonyl (C=O) groups excluding carboxylic acids is 3. The van der Waals surface area contributed by atoms with Crippen molar-refractivity contribution in [3.05, 3.63) is 42.7 Å². The van der Waals surface area contributed by atoms with Crippen molar-refractivity contribution in [2.24, 2.45) is 7.05 Å². The lowest BCUT2D eigenvalue weighted by atomic mass is 10.2. The quantitative estimate of drug-likeness (QED) is 0.573. The molecule has 10 heteroatoms. The van der Waals surface area contributed by atoms with Gasteiger partial charge in [-0.05, 0) is 24.3 Å². The van der Waals surface area contributed by atoms with Gasteiger partial charge in [-0.3, -0.25) is 24.6 Å². The van der Waals surface area contributed by atoms with Crippen molar-refractivity contribution < 1.29 is 19.1 Å². The Balaban J connectivity index is 1.61. The summed E-state index contributed by atoms with van der Waals surface area (Å²) in [5.41, 5.74) is 0.753. The lowest BCUT2D eigenvalue weighted by Crippen LogP contribution is -2.33. The Kier molecular flexibility index (Phi) is 4.36. The minimum absolute atomic E-state index is 0.207. The molecule has 4 amide bonds. The van der Waals surface area contributed by atoms with Crippen LogP contribution in [0.2, 0.25) is 0 Å². The summed E-state index contributed by atoms with van der Waals surface area (Å²) in [6, 6.07) is 7.42. The fourth-order valence-corrected chi connectivity index (χ4v) is 2.96. The first-order valence-electron chi connectivity index (χ1n) is 8.46. The van der Waals surface area contributed by atoms with Crippen molar-refractivity contribution >= 4 is 34.6 Å². The van der Waals surface area contributed by atoms with Crippen molar-refractivity contribution in [2.45, 2.75) is 12.5 Å². The topological polar surface area (TPSA) is 127 Å². The highest BCUT2D eigenvalue weighted by Gasteiger charge is 2.31. The van der Waals surface area contributed by atoms with E-state index in [9.17, 15) is 14.4 Å². The monoisotopic (exact) mass is 380 g/mol. The van der Waals surface area contributed by atoms with Crippen molar-refractivity contribution in [3.63, 3.8) is 0 Å². The average Bonchev–Trinajstić information content (AvgIpc) is 3.15. The first-order chi connectivity index (χ1) is 13.5. The number of urea groups is 1. The second kappa shape index (κ2) is 6.99. The van der Waals surface area contributed by atoms with E-state index >= 15 is 0 Å². The van der Waals surface area contributed by atoms with E-state index < -0.39 is 23.9 Å². The highest BCUT2D eigenvalue weighted by Crippen LogP contribution is 2.34. The number of aromatic nitrogens is 3. The van der Waals surface area contributed by atoms with E-state index in [-0.39, 0.29) is 6.42 Å². The van der Waals surface area contributed by atoms with Crippen molar-refractivity contribution in [1.29, 1.82) is 0 Å². The highest BCUT2D eigenvalue weighted by atomic mass is 16.5. The maximum atomic E-state index is 12.4. The van der Waals surface area contributed by atoms with Crippen LogP contribution in [0.25, 0.3) is 10.9 Å². The van der Waals surface area contributed by atoms with Gasteiger partial charge in [0.05, 0.1) is 23.5 Å². The van der Waals surface area contributed by atoms with Crippen molar-refractivity contribution in [3.8, 4) is 11.5 Å². The van der Waals surface area contributed by atoms with Crippen molar-refractivity contribution in [2.75, 3.05) is 5.32 Å². The smallest absolute Gasteiger partial charge is 0.322 e. The van der Waals surface area contributed by atoms with E-state index in [4.69, 9.17) is 4.74 Å². The standard InChI is InChI=1S/C18H16N6O4/c1-24-12-5-2-6-13(28-10-4-3-7-19-9-10)15(12)16(23-24)21-14(25)8-11-17(26)22-18(27)20-11/h2-7,9,11H,8H2,1H3,(H,21,23,25)(H2,20,22,26,27)/t11-/m0/s1. The Morgan fingerprint density at radius 2 is 2.14 bits per heavy atom. The van der Waals surface area contributed by atoms with Gasteiger partial charge >= 0.3 is 6.03 Å². The number of aryl methyl sites for hydroxylation is 1. The van der Waals surface area contributed by atoms with E-state index in [0.717, 1.165) is 5.52 Å². The molecule has 2 aromatic heterocycles. The fourth-order valence-electron chi connectivity index (χ4n) is 2.96. The van der Waals surface area contributed by atoms with Gasteiger partial charge in [-0.25, -0.2) is 4.79 Å². The molecule has 1 fully saturated rings. The van der Waals surface area contributed by atoms with Gasteiger partial charge in [-0.2, -0.15) is 5.10 Å². The molecule has 0 bridgehead atoms. The van der Waals surface area contributed by atoms with Gasteiger partial charge in [0.15, 0.2) is 5.82 Å². The summed E-state index contributed by atoms with van der Waals surface area (Å²) in [6.45, 7) is 0. The predicted molar refractivity (Wildman–Crippen MR) is 98.7 cm³/mol. The largest absolute Gasteiger partial charge is 0.455 e. The first kappa shape index (κ1) is 17.5. The van der Waals surface area contributed by atoms with Crippen LogP contribution in [0.3, 0.4) is 0 Å². The number of nitrogens with zero attached hydrogens (tertiary/aromatic N) is 3. The molecule has 0 spiro atoms. The fraction of sp³-hybridized carbons (Fsp3) is 0.167. The maximum absolute atomic E-state index is 12.4. The van der Waals surface area contributed by atoms with E-state index in [1.807, 2.05) is 12.1 Å². The van der Waals surface area contributed by atoms with Crippen LogP contribution >= 0.6 is 0 Å². The molecule has 4 rings (SSSR count). The molecule has 3 aromatic rings. The molecule has 142 valence electrons. The van der Waals surface area contributed by atoms with E-state index in [1.165, 1.54) is 0 Å². The molecule has 0 radical (unpaired) electrons. The zero-order valence-corrected chi connectivity index (χ0v) is 14.8. The maximum Gasteiger partial charge on any atom is 0.322 e. The number of pyridine rings is 1.